The third-order valence-electron chi connectivity index (χ3n) is 2.51. The fraction of sp³-hybridized carbons (Fsp3) is 0.500. The fourth-order valence-electron chi connectivity index (χ4n) is 1.43. The molecule has 0 bridgehead atoms. The van der Waals surface area contributed by atoms with Crippen molar-refractivity contribution in [3.63, 3.8) is 0 Å². The van der Waals surface area contributed by atoms with Gasteiger partial charge in [-0.3, -0.25) is 0 Å². The summed E-state index contributed by atoms with van der Waals surface area (Å²) in [6.07, 6.45) is -4.44. The van der Waals surface area contributed by atoms with Gasteiger partial charge in [0.1, 0.15) is 0 Å². The number of halogens is 3. The molecule has 0 saturated carbocycles. The van der Waals surface area contributed by atoms with Gasteiger partial charge in [-0.05, 0) is 44.0 Å². The summed E-state index contributed by atoms with van der Waals surface area (Å²) in [5, 5.41) is 9.78. The van der Waals surface area contributed by atoms with Crippen molar-refractivity contribution in [3.8, 4) is 0 Å². The summed E-state index contributed by atoms with van der Waals surface area (Å²) in [6.45, 7) is 4.48. The summed E-state index contributed by atoms with van der Waals surface area (Å²) >= 11 is 0. The normalized spacial score (nSPS) is 14.8. The molecule has 0 heterocycles. The van der Waals surface area contributed by atoms with Gasteiger partial charge in [0.2, 0.25) is 0 Å². The molecule has 0 aromatic heterocycles. The Hall–Kier alpha value is -1.07. The molecule has 1 aromatic carbocycles. The van der Waals surface area contributed by atoms with E-state index in [-0.39, 0.29) is 5.56 Å². The van der Waals surface area contributed by atoms with E-state index in [0.29, 0.717) is 5.56 Å². The van der Waals surface area contributed by atoms with Gasteiger partial charge in [-0.1, -0.05) is 6.07 Å². The molecule has 0 fully saturated rings. The highest BCUT2D eigenvalue weighted by Crippen LogP contribution is 2.34. The largest absolute Gasteiger partial charge is 0.416 e. The molecule has 5 heteroatoms. The Morgan fingerprint density at radius 3 is 1.94 bits per heavy atom. The molecule has 0 amide bonds. The summed E-state index contributed by atoms with van der Waals surface area (Å²) in [5.74, 6) is 0. The summed E-state index contributed by atoms with van der Waals surface area (Å²) in [5.41, 5.74) is 4.04. The van der Waals surface area contributed by atoms with Crippen molar-refractivity contribution in [2.75, 3.05) is 0 Å². The average Bonchev–Trinajstić information content (AvgIpc) is 2.14. The Balaban J connectivity index is 3.40. The van der Waals surface area contributed by atoms with Gasteiger partial charge in [0.05, 0.1) is 11.2 Å². The van der Waals surface area contributed by atoms with Crippen LogP contribution in [0.4, 0.5) is 13.2 Å². The highest BCUT2D eigenvalue weighted by atomic mass is 19.4. The second kappa shape index (κ2) is 4.31. The van der Waals surface area contributed by atoms with Crippen molar-refractivity contribution in [3.05, 3.63) is 34.9 Å². The van der Waals surface area contributed by atoms with Crippen LogP contribution in [0.3, 0.4) is 0 Å². The first kappa shape index (κ1) is 14.0. The van der Waals surface area contributed by atoms with Crippen molar-refractivity contribution < 1.29 is 18.3 Å². The molecule has 0 radical (unpaired) electrons. The summed E-state index contributed by atoms with van der Waals surface area (Å²) < 4.78 is 38.0. The Morgan fingerprint density at radius 2 is 1.59 bits per heavy atom. The molecule has 2 nitrogen and oxygen atoms in total. The van der Waals surface area contributed by atoms with Gasteiger partial charge in [-0.25, -0.2) is 0 Å². The lowest BCUT2D eigenvalue weighted by molar-refractivity contribution is -0.137. The van der Waals surface area contributed by atoms with E-state index in [9.17, 15) is 18.3 Å². The smallest absolute Gasteiger partial charge is 0.386 e. The Labute approximate surface area is 98.3 Å². The van der Waals surface area contributed by atoms with Crippen LogP contribution in [0.1, 0.15) is 43.5 Å². The monoisotopic (exact) mass is 247 g/mol. The average molecular weight is 247 g/mol. The first-order chi connectivity index (χ1) is 7.51. The lowest BCUT2D eigenvalue weighted by atomic mass is 9.92. The van der Waals surface area contributed by atoms with Crippen molar-refractivity contribution in [1.29, 1.82) is 0 Å². The van der Waals surface area contributed by atoms with E-state index in [1.165, 1.54) is 19.9 Å². The first-order valence-electron chi connectivity index (χ1n) is 5.22. The predicted molar refractivity (Wildman–Crippen MR) is 59.3 cm³/mol. The van der Waals surface area contributed by atoms with Crippen molar-refractivity contribution in [2.24, 2.45) is 5.73 Å². The van der Waals surface area contributed by atoms with Gasteiger partial charge < -0.3 is 10.8 Å². The predicted octanol–water partition coefficient (Wildman–Crippen LogP) is 2.95. The quantitative estimate of drug-likeness (QED) is 0.844. The van der Waals surface area contributed by atoms with E-state index in [1.807, 2.05) is 0 Å². The number of aliphatic hydroxyl groups is 1. The lowest BCUT2D eigenvalue weighted by Crippen LogP contribution is -2.19. The van der Waals surface area contributed by atoms with Gasteiger partial charge in [0, 0.05) is 6.04 Å². The van der Waals surface area contributed by atoms with Gasteiger partial charge in [0.15, 0.2) is 0 Å². The Morgan fingerprint density at radius 1 is 1.12 bits per heavy atom. The lowest BCUT2D eigenvalue weighted by Gasteiger charge is -2.21. The van der Waals surface area contributed by atoms with Gasteiger partial charge in [-0.2, -0.15) is 13.2 Å². The third kappa shape index (κ3) is 3.44. The van der Waals surface area contributed by atoms with Crippen molar-refractivity contribution in [1.82, 2.24) is 0 Å². The molecule has 3 N–H and O–H groups in total. The molecule has 0 aliphatic rings. The number of benzene rings is 1. The van der Waals surface area contributed by atoms with Gasteiger partial charge in [-0.15, -0.1) is 0 Å². The standard InChI is InChI=1S/C12H16F3NO/c1-7(16)8-4-9(11(2,3)17)6-10(5-8)12(13,14)15/h4-7,17H,16H2,1-3H3. The minimum atomic E-state index is -4.44. The van der Waals surface area contributed by atoms with Crippen LogP contribution in [0, 0.1) is 0 Å². The zero-order valence-electron chi connectivity index (χ0n) is 9.97. The summed E-state index contributed by atoms with van der Waals surface area (Å²) in [7, 11) is 0. The van der Waals surface area contributed by atoms with E-state index in [0.717, 1.165) is 12.1 Å². The molecule has 17 heavy (non-hydrogen) atoms. The van der Waals surface area contributed by atoms with Gasteiger partial charge in [0.25, 0.3) is 0 Å². The molecule has 96 valence electrons. The number of rotatable bonds is 2. The number of alkyl halides is 3. The molecule has 0 aliphatic heterocycles. The second-order valence-electron chi connectivity index (χ2n) is 4.69. The maximum atomic E-state index is 12.7. The fourth-order valence-corrected chi connectivity index (χ4v) is 1.43. The van der Waals surface area contributed by atoms with Crippen LogP contribution in [0.15, 0.2) is 18.2 Å². The van der Waals surface area contributed by atoms with Crippen LogP contribution in [-0.4, -0.2) is 5.11 Å². The molecule has 0 saturated heterocycles. The van der Waals surface area contributed by atoms with Crippen LogP contribution in [0.5, 0.6) is 0 Å². The second-order valence-corrected chi connectivity index (χ2v) is 4.69. The third-order valence-corrected chi connectivity index (χ3v) is 2.51. The van der Waals surface area contributed by atoms with Crippen LogP contribution >= 0.6 is 0 Å². The van der Waals surface area contributed by atoms with E-state index in [4.69, 9.17) is 5.73 Å². The van der Waals surface area contributed by atoms with E-state index in [1.54, 1.807) is 6.92 Å². The topological polar surface area (TPSA) is 46.2 Å². The maximum Gasteiger partial charge on any atom is 0.416 e. The SMILES string of the molecule is CC(N)c1cc(C(C)(C)O)cc(C(F)(F)F)c1. The van der Waals surface area contributed by atoms with Crippen LogP contribution in [0.2, 0.25) is 0 Å². The molecule has 1 unspecified atom stereocenters. The molecule has 1 rings (SSSR count). The van der Waals surface area contributed by atoms with E-state index in [2.05, 4.69) is 0 Å². The van der Waals surface area contributed by atoms with Gasteiger partial charge >= 0.3 is 6.18 Å². The molecular weight excluding hydrogens is 231 g/mol. The first-order valence-corrected chi connectivity index (χ1v) is 5.22. The highest BCUT2D eigenvalue weighted by Gasteiger charge is 2.32. The zero-order valence-corrected chi connectivity index (χ0v) is 9.97. The minimum absolute atomic E-state index is 0.208. The molecule has 0 spiro atoms. The molecular formula is C12H16F3NO. The number of hydrogen-bond acceptors (Lipinski definition) is 2. The maximum absolute atomic E-state index is 12.7. The van der Waals surface area contributed by atoms with E-state index >= 15 is 0 Å². The van der Waals surface area contributed by atoms with Crippen LogP contribution in [0.25, 0.3) is 0 Å². The number of hydrogen-bond donors (Lipinski definition) is 2. The van der Waals surface area contributed by atoms with Crippen LogP contribution in [-0.2, 0) is 11.8 Å². The van der Waals surface area contributed by atoms with Crippen LogP contribution < -0.4 is 5.73 Å². The molecule has 1 aromatic rings. The summed E-state index contributed by atoms with van der Waals surface area (Å²) in [4.78, 5) is 0. The van der Waals surface area contributed by atoms with Crippen molar-refractivity contribution in [2.45, 2.75) is 38.6 Å². The number of nitrogens with two attached hydrogens (primary N) is 1. The van der Waals surface area contributed by atoms with E-state index < -0.39 is 23.4 Å². The minimum Gasteiger partial charge on any atom is -0.386 e. The molecule has 1 atom stereocenters. The Kier molecular flexibility index (Phi) is 3.55. The zero-order chi connectivity index (χ0) is 13.4. The van der Waals surface area contributed by atoms with Crippen molar-refractivity contribution >= 4 is 0 Å². The highest BCUT2D eigenvalue weighted by molar-refractivity contribution is 5.35. The summed E-state index contributed by atoms with van der Waals surface area (Å²) in [6, 6.07) is 2.95. The Bertz CT molecular complexity index is 373. The molecule has 0 aliphatic carbocycles.